The number of nitrogens with zero attached hydrogens (tertiary/aromatic N) is 4. The summed E-state index contributed by atoms with van der Waals surface area (Å²) >= 11 is 0. The van der Waals surface area contributed by atoms with Crippen molar-refractivity contribution in [2.75, 3.05) is 10.2 Å². The Morgan fingerprint density at radius 1 is 1.14 bits per heavy atom. The fourth-order valence-electron chi connectivity index (χ4n) is 3.87. The number of fused-ring (bicyclic) bond motifs is 1. The molecular weight excluding hydrogens is 493 g/mol. The molecule has 1 aromatic heterocycles. The SMILES string of the molecule is Cc1cc2n(n1)CC(C(=O)Nc1ccc([N+](=O)[O-])cc1)=CN2C(=O)C[C@H](N)Cc1cc(F)c(F)cc1F. The third-order valence-electron chi connectivity index (χ3n) is 5.64. The third-order valence-corrected chi connectivity index (χ3v) is 5.64. The lowest BCUT2D eigenvalue weighted by Gasteiger charge is -2.26. The van der Waals surface area contributed by atoms with Crippen LogP contribution < -0.4 is 16.0 Å². The fraction of sp³-hybridized carbons (Fsp3) is 0.208. The minimum Gasteiger partial charge on any atom is -0.327 e. The molecule has 3 N–H and O–H groups in total. The number of nitro groups is 1. The molecule has 0 spiro atoms. The summed E-state index contributed by atoms with van der Waals surface area (Å²) in [5.41, 5.74) is 6.79. The van der Waals surface area contributed by atoms with Crippen LogP contribution in [0.5, 0.6) is 0 Å². The monoisotopic (exact) mass is 514 g/mol. The van der Waals surface area contributed by atoms with Crippen LogP contribution in [0.3, 0.4) is 0 Å². The Labute approximate surface area is 208 Å². The Morgan fingerprint density at radius 2 is 1.81 bits per heavy atom. The van der Waals surface area contributed by atoms with Gasteiger partial charge in [0.15, 0.2) is 11.6 Å². The average Bonchev–Trinajstić information content (AvgIpc) is 3.22. The van der Waals surface area contributed by atoms with Crippen LogP contribution in [0.2, 0.25) is 0 Å². The van der Waals surface area contributed by atoms with Gasteiger partial charge in [-0.1, -0.05) is 0 Å². The van der Waals surface area contributed by atoms with Gasteiger partial charge in [-0.15, -0.1) is 0 Å². The van der Waals surface area contributed by atoms with Gasteiger partial charge in [0.1, 0.15) is 11.6 Å². The summed E-state index contributed by atoms with van der Waals surface area (Å²) in [6, 6.07) is 7.07. The van der Waals surface area contributed by atoms with E-state index in [0.717, 1.165) is 0 Å². The van der Waals surface area contributed by atoms with Gasteiger partial charge in [0, 0.05) is 48.6 Å². The number of rotatable bonds is 7. The summed E-state index contributed by atoms with van der Waals surface area (Å²) in [5.74, 6) is -4.22. The second-order valence-electron chi connectivity index (χ2n) is 8.50. The van der Waals surface area contributed by atoms with Gasteiger partial charge >= 0.3 is 0 Å². The lowest BCUT2D eigenvalue weighted by molar-refractivity contribution is -0.384. The first-order valence-corrected chi connectivity index (χ1v) is 11.0. The molecule has 0 fully saturated rings. The first-order chi connectivity index (χ1) is 17.5. The maximum atomic E-state index is 14.0. The van der Waals surface area contributed by atoms with Crippen molar-refractivity contribution >= 4 is 29.0 Å². The van der Waals surface area contributed by atoms with Crippen molar-refractivity contribution in [3.05, 3.63) is 93.1 Å². The summed E-state index contributed by atoms with van der Waals surface area (Å²) in [4.78, 5) is 37.5. The topological polar surface area (TPSA) is 136 Å². The summed E-state index contributed by atoms with van der Waals surface area (Å²) in [7, 11) is 0. The van der Waals surface area contributed by atoms with Gasteiger partial charge in [0.25, 0.3) is 11.6 Å². The number of halogens is 3. The third kappa shape index (κ3) is 5.67. The normalized spacial score (nSPS) is 13.5. The molecule has 10 nitrogen and oxygen atoms in total. The van der Waals surface area contributed by atoms with E-state index >= 15 is 0 Å². The molecule has 0 radical (unpaired) electrons. The number of nitrogens with one attached hydrogen (secondary N) is 1. The second-order valence-corrected chi connectivity index (χ2v) is 8.50. The van der Waals surface area contributed by atoms with E-state index in [9.17, 15) is 32.9 Å². The van der Waals surface area contributed by atoms with Crippen LogP contribution in [-0.2, 0) is 22.6 Å². The zero-order valence-corrected chi connectivity index (χ0v) is 19.5. The summed E-state index contributed by atoms with van der Waals surface area (Å²) in [6.45, 7) is 1.76. The van der Waals surface area contributed by atoms with Crippen LogP contribution in [0.25, 0.3) is 0 Å². The molecule has 1 atom stereocenters. The van der Waals surface area contributed by atoms with E-state index in [1.54, 1.807) is 13.0 Å². The Bertz CT molecular complexity index is 1420. The molecule has 13 heteroatoms. The summed E-state index contributed by atoms with van der Waals surface area (Å²) in [5, 5.41) is 17.7. The van der Waals surface area contributed by atoms with Crippen LogP contribution in [0.1, 0.15) is 17.7 Å². The van der Waals surface area contributed by atoms with Crippen molar-refractivity contribution < 1.29 is 27.7 Å². The van der Waals surface area contributed by atoms with Gasteiger partial charge in [-0.05, 0) is 37.1 Å². The molecule has 0 saturated heterocycles. The smallest absolute Gasteiger partial charge is 0.269 e. The van der Waals surface area contributed by atoms with Crippen LogP contribution in [0.15, 0.2) is 54.2 Å². The number of benzene rings is 2. The standard InChI is InChI=1S/C24H21F3N6O4/c1-13-6-22-31(23(34)9-16(28)7-14-8-20(26)21(27)10-19(14)25)11-15(12-32(22)30-13)24(35)29-17-2-4-18(5-3-17)33(36)37/h2-6,8,10-11,16H,7,9,12,28H2,1H3,(H,29,35)/t16-/m1/s1. The zero-order chi connectivity index (χ0) is 26.9. The molecular formula is C24H21F3N6O4. The van der Waals surface area contributed by atoms with Crippen LogP contribution in [-0.4, -0.2) is 32.6 Å². The Balaban J connectivity index is 1.51. The Hall–Kier alpha value is -4.52. The number of carbonyl (C=O) groups excluding carboxylic acids is 2. The number of nitro benzene ring substituents is 1. The highest BCUT2D eigenvalue weighted by atomic mass is 19.2. The molecule has 1 aliphatic heterocycles. The van der Waals surface area contributed by atoms with Crippen molar-refractivity contribution in [1.82, 2.24) is 9.78 Å². The predicted octanol–water partition coefficient (Wildman–Crippen LogP) is 3.35. The predicted molar refractivity (Wildman–Crippen MR) is 127 cm³/mol. The van der Waals surface area contributed by atoms with Crippen molar-refractivity contribution in [3.8, 4) is 0 Å². The molecule has 3 aromatic rings. The molecule has 2 amide bonds. The van der Waals surface area contributed by atoms with E-state index in [4.69, 9.17) is 5.73 Å². The first-order valence-electron chi connectivity index (χ1n) is 11.0. The summed E-state index contributed by atoms with van der Waals surface area (Å²) in [6.07, 6.45) is 0.818. The van der Waals surface area contributed by atoms with Gasteiger partial charge in [0.05, 0.1) is 22.7 Å². The van der Waals surface area contributed by atoms with E-state index in [0.29, 0.717) is 29.3 Å². The highest BCUT2D eigenvalue weighted by molar-refractivity contribution is 6.06. The lowest BCUT2D eigenvalue weighted by Crippen LogP contribution is -2.38. The van der Waals surface area contributed by atoms with Crippen molar-refractivity contribution in [1.29, 1.82) is 0 Å². The van der Waals surface area contributed by atoms with E-state index in [1.165, 1.54) is 40.0 Å². The number of carbonyl (C=O) groups is 2. The zero-order valence-electron chi connectivity index (χ0n) is 19.5. The molecule has 192 valence electrons. The quantitative estimate of drug-likeness (QED) is 0.282. The van der Waals surface area contributed by atoms with Crippen molar-refractivity contribution in [3.63, 3.8) is 0 Å². The van der Waals surface area contributed by atoms with Gasteiger partial charge < -0.3 is 11.1 Å². The number of anilines is 2. The molecule has 4 rings (SSSR count). The van der Waals surface area contributed by atoms with E-state index in [-0.39, 0.29) is 36.2 Å². The van der Waals surface area contributed by atoms with Crippen LogP contribution >= 0.6 is 0 Å². The first kappa shape index (κ1) is 25.6. The second kappa shape index (κ2) is 10.2. The van der Waals surface area contributed by atoms with Gasteiger partial charge in [0.2, 0.25) is 5.91 Å². The Morgan fingerprint density at radius 3 is 2.49 bits per heavy atom. The largest absolute Gasteiger partial charge is 0.327 e. The van der Waals surface area contributed by atoms with Crippen LogP contribution in [0, 0.1) is 34.5 Å². The minimum atomic E-state index is -1.33. The highest BCUT2D eigenvalue weighted by Gasteiger charge is 2.28. The van der Waals surface area contributed by atoms with Crippen LogP contribution in [0.4, 0.5) is 30.4 Å². The van der Waals surface area contributed by atoms with E-state index < -0.39 is 40.2 Å². The minimum absolute atomic E-state index is 0.0535. The van der Waals surface area contributed by atoms with Gasteiger partial charge in [-0.25, -0.2) is 17.9 Å². The van der Waals surface area contributed by atoms with Gasteiger partial charge in [-0.3, -0.25) is 24.6 Å². The molecule has 0 bridgehead atoms. The maximum Gasteiger partial charge on any atom is 0.269 e. The number of non-ortho nitro benzene ring substituents is 1. The number of hydrogen-bond acceptors (Lipinski definition) is 6. The maximum absolute atomic E-state index is 14.0. The average molecular weight is 514 g/mol. The molecule has 1 aliphatic rings. The van der Waals surface area contributed by atoms with Crippen molar-refractivity contribution in [2.45, 2.75) is 32.4 Å². The molecule has 0 unspecified atom stereocenters. The number of hydrogen-bond donors (Lipinski definition) is 2. The summed E-state index contributed by atoms with van der Waals surface area (Å²) < 4.78 is 42.2. The fourth-order valence-corrected chi connectivity index (χ4v) is 3.87. The van der Waals surface area contributed by atoms with E-state index in [1.807, 2.05) is 0 Å². The highest BCUT2D eigenvalue weighted by Crippen LogP contribution is 2.26. The Kier molecular flexibility index (Phi) is 7.07. The molecule has 37 heavy (non-hydrogen) atoms. The van der Waals surface area contributed by atoms with Gasteiger partial charge in [-0.2, -0.15) is 5.10 Å². The lowest BCUT2D eigenvalue weighted by atomic mass is 10.0. The number of amides is 2. The molecule has 0 aliphatic carbocycles. The number of aromatic nitrogens is 2. The van der Waals surface area contributed by atoms with Crippen molar-refractivity contribution in [2.24, 2.45) is 5.73 Å². The molecule has 2 heterocycles. The number of aryl methyl sites for hydroxylation is 1. The molecule has 2 aromatic carbocycles. The molecule has 0 saturated carbocycles. The number of nitrogens with two attached hydrogens (primary N) is 1. The van der Waals surface area contributed by atoms with E-state index in [2.05, 4.69) is 10.4 Å².